The summed E-state index contributed by atoms with van der Waals surface area (Å²) in [4.78, 5) is 14.5. The second kappa shape index (κ2) is 10.5. The van der Waals surface area contributed by atoms with Crippen LogP contribution in [0, 0.1) is 0 Å². The number of hydrogen-bond acceptors (Lipinski definition) is 3. The Balaban J connectivity index is 1.74. The quantitative estimate of drug-likeness (QED) is 0.550. The molecule has 2 aromatic rings. The summed E-state index contributed by atoms with van der Waals surface area (Å²) >= 11 is 0. The molecule has 1 saturated heterocycles. The van der Waals surface area contributed by atoms with E-state index >= 15 is 0 Å². The molecule has 4 heteroatoms. The maximum absolute atomic E-state index is 12.5. The van der Waals surface area contributed by atoms with Gasteiger partial charge in [0.15, 0.2) is 0 Å². The highest BCUT2D eigenvalue weighted by atomic mass is 16.5. The number of amides is 1. The van der Waals surface area contributed by atoms with Crippen molar-refractivity contribution in [3.8, 4) is 5.75 Å². The van der Waals surface area contributed by atoms with E-state index in [1.807, 2.05) is 35.2 Å². The van der Waals surface area contributed by atoms with Crippen LogP contribution in [-0.4, -0.2) is 31.0 Å². The average molecular weight is 421 g/mol. The summed E-state index contributed by atoms with van der Waals surface area (Å²) in [6.07, 6.45) is 7.95. The van der Waals surface area contributed by atoms with Crippen molar-refractivity contribution in [3.63, 3.8) is 0 Å². The predicted molar refractivity (Wildman–Crippen MR) is 129 cm³/mol. The van der Waals surface area contributed by atoms with Gasteiger partial charge in [-0.2, -0.15) is 0 Å². The second-order valence-corrected chi connectivity index (χ2v) is 9.32. The monoisotopic (exact) mass is 420 g/mol. The van der Waals surface area contributed by atoms with Gasteiger partial charge < -0.3 is 15.0 Å². The number of carbonyl (C=O) groups is 1. The largest absolute Gasteiger partial charge is 0.497 e. The summed E-state index contributed by atoms with van der Waals surface area (Å²) < 4.78 is 5.27. The lowest BCUT2D eigenvalue weighted by Crippen LogP contribution is -2.34. The number of rotatable bonds is 7. The number of carbonyl (C=O) groups excluding carboxylic acids is 1. The Hall–Kier alpha value is -2.75. The number of nitrogens with zero attached hydrogens (tertiary/aromatic N) is 1. The van der Waals surface area contributed by atoms with Crippen molar-refractivity contribution >= 4 is 11.6 Å². The highest BCUT2D eigenvalue weighted by molar-refractivity contribution is 5.87. The van der Waals surface area contributed by atoms with Crippen LogP contribution in [0.15, 0.2) is 60.7 Å². The number of hydrogen-bond donors (Lipinski definition) is 1. The number of benzene rings is 2. The molecule has 2 aromatic carbocycles. The molecule has 1 aliphatic heterocycles. The van der Waals surface area contributed by atoms with Crippen LogP contribution in [0.5, 0.6) is 5.75 Å². The zero-order valence-corrected chi connectivity index (χ0v) is 19.4. The van der Waals surface area contributed by atoms with Gasteiger partial charge in [-0.05, 0) is 72.6 Å². The molecule has 1 aliphatic rings. The number of piperidine rings is 1. The van der Waals surface area contributed by atoms with Crippen LogP contribution >= 0.6 is 0 Å². The highest BCUT2D eigenvalue weighted by Crippen LogP contribution is 2.28. The first-order valence-corrected chi connectivity index (χ1v) is 11.3. The maximum Gasteiger partial charge on any atom is 0.246 e. The first-order chi connectivity index (χ1) is 14.9. The number of methoxy groups -OCH3 is 1. The van der Waals surface area contributed by atoms with E-state index in [0.717, 1.165) is 43.8 Å². The van der Waals surface area contributed by atoms with Crippen molar-refractivity contribution in [2.45, 2.75) is 57.9 Å². The molecule has 0 saturated carbocycles. The van der Waals surface area contributed by atoms with E-state index in [2.05, 4.69) is 50.4 Å². The second-order valence-electron chi connectivity index (χ2n) is 9.32. The van der Waals surface area contributed by atoms with Gasteiger partial charge in [-0.15, -0.1) is 0 Å². The summed E-state index contributed by atoms with van der Waals surface area (Å²) in [5.74, 6) is 0.967. The molecule has 1 heterocycles. The fourth-order valence-corrected chi connectivity index (χ4v) is 3.91. The molecular weight excluding hydrogens is 384 g/mol. The summed E-state index contributed by atoms with van der Waals surface area (Å²) in [7, 11) is 1.67. The standard InChI is InChI=1S/C27H36N2O2/c1-27(2,3)22-13-11-21(12-14-22)25(28-23-15-17-24(31-4)18-16-23)9-8-10-26(30)29-19-6-5-7-20-29/h8,10-18,25,28H,5-7,9,19-20H2,1-4H3/b10-8+/t25-/m1/s1. The van der Waals surface area contributed by atoms with E-state index in [-0.39, 0.29) is 17.4 Å². The third-order valence-corrected chi connectivity index (χ3v) is 5.91. The Morgan fingerprint density at radius 2 is 1.68 bits per heavy atom. The Morgan fingerprint density at radius 3 is 2.26 bits per heavy atom. The van der Waals surface area contributed by atoms with Gasteiger partial charge in [0, 0.05) is 18.8 Å². The molecular formula is C27H36N2O2. The van der Waals surface area contributed by atoms with Crippen molar-refractivity contribution in [3.05, 3.63) is 71.8 Å². The fraction of sp³-hybridized carbons (Fsp3) is 0.444. The van der Waals surface area contributed by atoms with Crippen LogP contribution in [0.4, 0.5) is 5.69 Å². The van der Waals surface area contributed by atoms with Gasteiger partial charge in [0.1, 0.15) is 5.75 Å². The predicted octanol–water partition coefficient (Wildman–Crippen LogP) is 6.10. The van der Waals surface area contributed by atoms with Gasteiger partial charge in [0.25, 0.3) is 0 Å². The third kappa shape index (κ3) is 6.61. The first kappa shape index (κ1) is 22.9. The van der Waals surface area contributed by atoms with Gasteiger partial charge in [0.05, 0.1) is 13.2 Å². The Kier molecular flexibility index (Phi) is 7.78. The van der Waals surface area contributed by atoms with Crippen LogP contribution in [0.25, 0.3) is 0 Å². The van der Waals surface area contributed by atoms with E-state index in [9.17, 15) is 4.79 Å². The first-order valence-electron chi connectivity index (χ1n) is 11.3. The van der Waals surface area contributed by atoms with Crippen LogP contribution < -0.4 is 10.1 Å². The minimum atomic E-state index is 0.0767. The van der Waals surface area contributed by atoms with Crippen molar-refractivity contribution in [2.75, 3.05) is 25.5 Å². The maximum atomic E-state index is 12.5. The van der Waals surface area contributed by atoms with Gasteiger partial charge in [-0.1, -0.05) is 51.1 Å². The van der Waals surface area contributed by atoms with Crippen molar-refractivity contribution < 1.29 is 9.53 Å². The van der Waals surface area contributed by atoms with E-state index in [1.54, 1.807) is 13.2 Å². The smallest absolute Gasteiger partial charge is 0.246 e. The zero-order chi connectivity index (χ0) is 22.3. The van der Waals surface area contributed by atoms with Crippen molar-refractivity contribution in [1.82, 2.24) is 4.90 Å². The molecule has 1 atom stereocenters. The van der Waals surface area contributed by atoms with Gasteiger partial charge >= 0.3 is 0 Å². The average Bonchev–Trinajstić information content (AvgIpc) is 2.79. The van der Waals surface area contributed by atoms with Crippen LogP contribution in [0.2, 0.25) is 0 Å². The summed E-state index contributed by atoms with van der Waals surface area (Å²) in [5, 5.41) is 3.63. The van der Waals surface area contributed by atoms with Crippen LogP contribution in [0.3, 0.4) is 0 Å². The minimum absolute atomic E-state index is 0.0767. The number of ether oxygens (including phenoxy) is 1. The SMILES string of the molecule is COc1ccc(N[C@H](C/C=C/C(=O)N2CCCCC2)c2ccc(C(C)(C)C)cc2)cc1. The van der Waals surface area contributed by atoms with E-state index < -0.39 is 0 Å². The fourth-order valence-electron chi connectivity index (χ4n) is 3.91. The van der Waals surface area contributed by atoms with Gasteiger partial charge in [0.2, 0.25) is 5.91 Å². The van der Waals surface area contributed by atoms with Gasteiger partial charge in [-0.3, -0.25) is 4.79 Å². The molecule has 0 bridgehead atoms. The molecule has 1 N–H and O–H groups in total. The number of nitrogens with one attached hydrogen (secondary N) is 1. The minimum Gasteiger partial charge on any atom is -0.497 e. The molecule has 4 nitrogen and oxygen atoms in total. The molecule has 1 fully saturated rings. The molecule has 1 amide bonds. The summed E-state index contributed by atoms with van der Waals surface area (Å²) in [5.41, 5.74) is 3.67. The molecule has 0 radical (unpaired) electrons. The number of anilines is 1. The topological polar surface area (TPSA) is 41.6 Å². The molecule has 0 spiro atoms. The van der Waals surface area contributed by atoms with E-state index in [1.165, 1.54) is 17.5 Å². The normalized spacial score (nSPS) is 15.7. The lowest BCUT2D eigenvalue weighted by molar-refractivity contribution is -0.126. The molecule has 166 valence electrons. The molecule has 3 rings (SSSR count). The van der Waals surface area contributed by atoms with Crippen molar-refractivity contribution in [2.24, 2.45) is 0 Å². The Morgan fingerprint density at radius 1 is 1.03 bits per heavy atom. The van der Waals surface area contributed by atoms with Crippen LogP contribution in [-0.2, 0) is 10.2 Å². The molecule has 0 aromatic heterocycles. The summed E-state index contributed by atoms with van der Waals surface area (Å²) in [6, 6.07) is 16.9. The van der Waals surface area contributed by atoms with Gasteiger partial charge in [-0.25, -0.2) is 0 Å². The molecule has 0 aliphatic carbocycles. The summed E-state index contributed by atoms with van der Waals surface area (Å²) in [6.45, 7) is 8.44. The number of likely N-dealkylation sites (tertiary alicyclic amines) is 1. The highest BCUT2D eigenvalue weighted by Gasteiger charge is 2.17. The zero-order valence-electron chi connectivity index (χ0n) is 19.4. The lowest BCUT2D eigenvalue weighted by Gasteiger charge is -2.25. The lowest BCUT2D eigenvalue weighted by atomic mass is 9.86. The van der Waals surface area contributed by atoms with Crippen molar-refractivity contribution in [1.29, 1.82) is 0 Å². The van der Waals surface area contributed by atoms with Crippen LogP contribution in [0.1, 0.15) is 63.6 Å². The molecule has 31 heavy (non-hydrogen) atoms. The molecule has 0 unspecified atom stereocenters. The van der Waals surface area contributed by atoms with E-state index in [0.29, 0.717) is 0 Å². The van der Waals surface area contributed by atoms with E-state index in [4.69, 9.17) is 4.74 Å². The Bertz CT molecular complexity index is 858. The Labute approximate surface area is 187 Å². The third-order valence-electron chi connectivity index (χ3n) is 5.91.